The maximum atomic E-state index is 4.31. The van der Waals surface area contributed by atoms with Crippen LogP contribution in [0.3, 0.4) is 0 Å². The summed E-state index contributed by atoms with van der Waals surface area (Å²) in [4.78, 5) is 0. The highest BCUT2D eigenvalue weighted by atomic mass is 15.2. The first-order valence-electron chi connectivity index (χ1n) is 5.47. The van der Waals surface area contributed by atoms with E-state index in [4.69, 9.17) is 0 Å². The standard InChI is InChI=1S/C11H19N3/c1-7(2)6-12-11-8(3)10(13-14-11)9-4-5-9/h7,9H,4-6H2,1-3H3,(H2,12,13,14). The number of rotatable bonds is 4. The number of anilines is 1. The fraction of sp³-hybridized carbons (Fsp3) is 0.727. The van der Waals surface area contributed by atoms with Gasteiger partial charge in [-0.25, -0.2) is 0 Å². The smallest absolute Gasteiger partial charge is 0.150 e. The van der Waals surface area contributed by atoms with Crippen LogP contribution in [0.15, 0.2) is 0 Å². The van der Waals surface area contributed by atoms with E-state index in [0.717, 1.165) is 18.3 Å². The molecule has 1 aliphatic rings. The summed E-state index contributed by atoms with van der Waals surface area (Å²) in [5, 5.41) is 10.8. The van der Waals surface area contributed by atoms with E-state index in [-0.39, 0.29) is 0 Å². The maximum absolute atomic E-state index is 4.31. The monoisotopic (exact) mass is 193 g/mol. The second-order valence-corrected chi connectivity index (χ2v) is 4.66. The van der Waals surface area contributed by atoms with E-state index in [1.54, 1.807) is 0 Å². The molecule has 0 atom stereocenters. The second kappa shape index (κ2) is 3.64. The molecule has 1 aromatic heterocycles. The van der Waals surface area contributed by atoms with Gasteiger partial charge in [-0.3, -0.25) is 5.10 Å². The fourth-order valence-corrected chi connectivity index (χ4v) is 1.65. The molecule has 1 aromatic rings. The summed E-state index contributed by atoms with van der Waals surface area (Å²) >= 11 is 0. The van der Waals surface area contributed by atoms with E-state index in [9.17, 15) is 0 Å². The SMILES string of the molecule is Cc1c(NCC(C)C)n[nH]c1C1CC1. The van der Waals surface area contributed by atoms with Crippen molar-refractivity contribution in [3.8, 4) is 0 Å². The largest absolute Gasteiger partial charge is 0.368 e. The van der Waals surface area contributed by atoms with Crippen LogP contribution in [0, 0.1) is 12.8 Å². The van der Waals surface area contributed by atoms with Gasteiger partial charge in [0.15, 0.2) is 5.82 Å². The van der Waals surface area contributed by atoms with Gasteiger partial charge in [-0.1, -0.05) is 13.8 Å². The quantitative estimate of drug-likeness (QED) is 0.771. The maximum Gasteiger partial charge on any atom is 0.150 e. The van der Waals surface area contributed by atoms with Crippen molar-refractivity contribution in [1.29, 1.82) is 0 Å². The molecular formula is C11H19N3. The predicted molar refractivity (Wildman–Crippen MR) is 58.6 cm³/mol. The summed E-state index contributed by atoms with van der Waals surface area (Å²) < 4.78 is 0. The van der Waals surface area contributed by atoms with Gasteiger partial charge in [-0.2, -0.15) is 5.10 Å². The summed E-state index contributed by atoms with van der Waals surface area (Å²) in [6.45, 7) is 7.56. The van der Waals surface area contributed by atoms with Crippen LogP contribution in [0.1, 0.15) is 43.9 Å². The van der Waals surface area contributed by atoms with Crippen molar-refractivity contribution < 1.29 is 0 Å². The van der Waals surface area contributed by atoms with Gasteiger partial charge in [0.1, 0.15) is 0 Å². The predicted octanol–water partition coefficient (Wildman–Crippen LogP) is 2.66. The van der Waals surface area contributed by atoms with Crippen LogP contribution < -0.4 is 5.32 Å². The summed E-state index contributed by atoms with van der Waals surface area (Å²) in [5.41, 5.74) is 2.66. The van der Waals surface area contributed by atoms with Crippen LogP contribution in [0.25, 0.3) is 0 Å². The van der Waals surface area contributed by atoms with Gasteiger partial charge >= 0.3 is 0 Å². The van der Waals surface area contributed by atoms with Crippen LogP contribution in [0.4, 0.5) is 5.82 Å². The average molecular weight is 193 g/mol. The van der Waals surface area contributed by atoms with E-state index in [0.29, 0.717) is 5.92 Å². The molecule has 1 aliphatic carbocycles. The highest BCUT2D eigenvalue weighted by Gasteiger charge is 2.28. The van der Waals surface area contributed by atoms with Crippen molar-refractivity contribution in [2.45, 2.75) is 39.5 Å². The molecule has 0 unspecified atom stereocenters. The summed E-state index contributed by atoms with van der Waals surface area (Å²) in [5.74, 6) is 2.47. The molecule has 2 N–H and O–H groups in total. The number of nitrogens with one attached hydrogen (secondary N) is 2. The molecule has 2 rings (SSSR count). The van der Waals surface area contributed by atoms with Gasteiger partial charge in [0.2, 0.25) is 0 Å². The lowest BCUT2D eigenvalue weighted by atomic mass is 10.2. The van der Waals surface area contributed by atoms with Crippen LogP contribution >= 0.6 is 0 Å². The summed E-state index contributed by atoms with van der Waals surface area (Å²) in [6, 6.07) is 0. The molecule has 78 valence electrons. The Morgan fingerprint density at radius 1 is 1.50 bits per heavy atom. The van der Waals surface area contributed by atoms with Crippen LogP contribution in [0.2, 0.25) is 0 Å². The lowest BCUT2D eigenvalue weighted by Gasteiger charge is -2.06. The highest BCUT2D eigenvalue weighted by molar-refractivity contribution is 5.47. The molecular weight excluding hydrogens is 174 g/mol. The number of hydrogen-bond acceptors (Lipinski definition) is 2. The topological polar surface area (TPSA) is 40.7 Å². The first kappa shape index (κ1) is 9.56. The van der Waals surface area contributed by atoms with Gasteiger partial charge in [-0.15, -0.1) is 0 Å². The first-order valence-corrected chi connectivity index (χ1v) is 5.47. The van der Waals surface area contributed by atoms with Gasteiger partial charge in [0.05, 0.1) is 0 Å². The van der Waals surface area contributed by atoms with Crippen molar-refractivity contribution in [1.82, 2.24) is 10.2 Å². The Bertz CT molecular complexity index is 310. The third-order valence-corrected chi connectivity index (χ3v) is 2.71. The Kier molecular flexibility index (Phi) is 2.48. The minimum absolute atomic E-state index is 0.662. The zero-order valence-corrected chi connectivity index (χ0v) is 9.22. The van der Waals surface area contributed by atoms with Crippen molar-refractivity contribution in [3.63, 3.8) is 0 Å². The van der Waals surface area contributed by atoms with Crippen LogP contribution in [-0.4, -0.2) is 16.7 Å². The van der Waals surface area contributed by atoms with E-state index in [1.165, 1.54) is 24.1 Å². The van der Waals surface area contributed by atoms with Crippen LogP contribution in [0.5, 0.6) is 0 Å². The molecule has 3 heteroatoms. The molecule has 0 amide bonds. The molecule has 1 heterocycles. The van der Waals surface area contributed by atoms with Gasteiger partial charge in [0, 0.05) is 23.7 Å². The van der Waals surface area contributed by atoms with Crippen LogP contribution in [-0.2, 0) is 0 Å². The number of aromatic nitrogens is 2. The second-order valence-electron chi connectivity index (χ2n) is 4.66. The molecule has 0 aromatic carbocycles. The Morgan fingerprint density at radius 2 is 2.21 bits per heavy atom. The van der Waals surface area contributed by atoms with Gasteiger partial charge in [0.25, 0.3) is 0 Å². The average Bonchev–Trinajstić information content (AvgIpc) is 2.89. The van der Waals surface area contributed by atoms with Crippen molar-refractivity contribution >= 4 is 5.82 Å². The molecule has 0 spiro atoms. The number of nitrogens with zero attached hydrogens (tertiary/aromatic N) is 1. The molecule has 0 bridgehead atoms. The van der Waals surface area contributed by atoms with E-state index in [1.807, 2.05) is 0 Å². The Morgan fingerprint density at radius 3 is 2.79 bits per heavy atom. The molecule has 0 radical (unpaired) electrons. The van der Waals surface area contributed by atoms with Crippen molar-refractivity contribution in [3.05, 3.63) is 11.3 Å². The fourth-order valence-electron chi connectivity index (χ4n) is 1.65. The number of H-pyrrole nitrogens is 1. The lowest BCUT2D eigenvalue weighted by Crippen LogP contribution is -2.08. The summed E-state index contributed by atoms with van der Waals surface area (Å²) in [6.07, 6.45) is 2.65. The van der Waals surface area contributed by atoms with Gasteiger partial charge in [-0.05, 0) is 25.7 Å². The lowest BCUT2D eigenvalue weighted by molar-refractivity contribution is 0.686. The van der Waals surface area contributed by atoms with Crippen molar-refractivity contribution in [2.75, 3.05) is 11.9 Å². The third-order valence-electron chi connectivity index (χ3n) is 2.71. The molecule has 1 saturated carbocycles. The summed E-state index contributed by atoms with van der Waals surface area (Å²) in [7, 11) is 0. The normalized spacial score (nSPS) is 16.3. The molecule has 3 nitrogen and oxygen atoms in total. The number of aromatic amines is 1. The Balaban J connectivity index is 2.03. The third kappa shape index (κ3) is 1.91. The molecule has 0 aliphatic heterocycles. The first-order chi connectivity index (χ1) is 6.68. The Labute approximate surface area is 85.3 Å². The van der Waals surface area contributed by atoms with Crippen molar-refractivity contribution in [2.24, 2.45) is 5.92 Å². The zero-order chi connectivity index (χ0) is 10.1. The van der Waals surface area contributed by atoms with Gasteiger partial charge < -0.3 is 5.32 Å². The van der Waals surface area contributed by atoms with E-state index < -0.39 is 0 Å². The zero-order valence-electron chi connectivity index (χ0n) is 9.22. The molecule has 14 heavy (non-hydrogen) atoms. The minimum atomic E-state index is 0.662. The minimum Gasteiger partial charge on any atom is -0.368 e. The van der Waals surface area contributed by atoms with E-state index in [2.05, 4.69) is 36.3 Å². The molecule has 0 saturated heterocycles. The molecule has 1 fully saturated rings. The van der Waals surface area contributed by atoms with E-state index >= 15 is 0 Å². The Hall–Kier alpha value is -0.990. The number of hydrogen-bond donors (Lipinski definition) is 2. The highest BCUT2D eigenvalue weighted by Crippen LogP contribution is 2.41.